The first-order valence-electron chi connectivity index (χ1n) is 2.70. The van der Waals surface area contributed by atoms with E-state index in [9.17, 15) is 0 Å². The summed E-state index contributed by atoms with van der Waals surface area (Å²) in [6.45, 7) is 0. The fourth-order valence-electron chi connectivity index (χ4n) is 0.630. The Balaban J connectivity index is 3.30. The van der Waals surface area contributed by atoms with Crippen molar-refractivity contribution < 1.29 is 5.41 Å². The van der Waals surface area contributed by atoms with Crippen LogP contribution in [0.1, 0.15) is 5.56 Å². The second kappa shape index (κ2) is 2.66. The molecule has 0 amide bonds. The van der Waals surface area contributed by atoms with Gasteiger partial charge in [-0.2, -0.15) is 0 Å². The summed E-state index contributed by atoms with van der Waals surface area (Å²) in [5, 5.41) is 5.75. The van der Waals surface area contributed by atoms with Gasteiger partial charge in [-0.3, -0.25) is 5.41 Å². The van der Waals surface area contributed by atoms with Crippen molar-refractivity contribution in [2.45, 2.75) is 0 Å². The summed E-state index contributed by atoms with van der Waals surface area (Å²) in [7, 11) is 0. The van der Waals surface area contributed by atoms with Gasteiger partial charge in [-0.15, -0.1) is 0 Å². The van der Waals surface area contributed by atoms with Gasteiger partial charge in [-0.25, -0.2) is 4.98 Å². The second-order valence-corrected chi connectivity index (χ2v) is 2.17. The molecule has 3 nitrogen and oxygen atoms in total. The van der Waals surface area contributed by atoms with Gasteiger partial charge in [0.25, 0.3) is 0 Å². The van der Waals surface area contributed by atoms with Gasteiger partial charge >= 0.3 is 0 Å². The Morgan fingerprint density at radius 2 is 2.40 bits per heavy atom. The van der Waals surface area contributed by atoms with Crippen molar-refractivity contribution in [2.24, 2.45) is 0 Å². The lowest BCUT2D eigenvalue weighted by atomic mass is 10.3. The van der Waals surface area contributed by atoms with Gasteiger partial charge in [0.15, 0.2) is 6.21 Å². The van der Waals surface area contributed by atoms with Crippen molar-refractivity contribution in [1.82, 2.24) is 4.98 Å². The van der Waals surface area contributed by atoms with Crippen LogP contribution in [0.2, 0.25) is 5.02 Å². The Bertz CT molecular complexity index is 239. The molecule has 10 heavy (non-hydrogen) atoms. The topological polar surface area (TPSA) is 64.5 Å². The highest BCUT2D eigenvalue weighted by Crippen LogP contribution is 2.15. The van der Waals surface area contributed by atoms with Gasteiger partial charge in [-0.1, -0.05) is 11.6 Å². The van der Waals surface area contributed by atoms with Crippen LogP contribution in [0.4, 0.5) is 5.82 Å². The number of pyridine rings is 1. The highest BCUT2D eigenvalue weighted by Gasteiger charge is 2.02. The van der Waals surface area contributed by atoms with Gasteiger partial charge in [0.1, 0.15) is 5.82 Å². The smallest absolute Gasteiger partial charge is 0.172 e. The minimum atomic E-state index is 0.356. The van der Waals surface area contributed by atoms with Crippen molar-refractivity contribution in [2.75, 3.05) is 5.73 Å². The molecule has 1 aromatic rings. The third-order valence-corrected chi connectivity index (χ3v) is 1.46. The number of aromatic nitrogens is 1. The number of hydrogen-bond acceptors (Lipinski definition) is 2. The molecule has 4 heteroatoms. The van der Waals surface area contributed by atoms with Crippen LogP contribution in [0, 0.1) is 0 Å². The first-order valence-corrected chi connectivity index (χ1v) is 3.08. The fraction of sp³-hybridized carbons (Fsp3) is 0. The summed E-state index contributed by atoms with van der Waals surface area (Å²) >= 11 is 5.70. The van der Waals surface area contributed by atoms with Crippen LogP contribution in [0.3, 0.4) is 0 Å². The zero-order chi connectivity index (χ0) is 7.56. The van der Waals surface area contributed by atoms with E-state index in [0.717, 1.165) is 0 Å². The predicted octanol–water partition coefficient (Wildman–Crippen LogP) is -0.505. The van der Waals surface area contributed by atoms with Gasteiger partial charge in [0.2, 0.25) is 0 Å². The molecular formula is C6H7ClN3+. The van der Waals surface area contributed by atoms with E-state index >= 15 is 0 Å². The summed E-state index contributed by atoms with van der Waals surface area (Å²) in [6, 6.07) is 1.64. The maximum atomic E-state index is 5.70. The monoisotopic (exact) mass is 156 g/mol. The van der Waals surface area contributed by atoms with Crippen LogP contribution < -0.4 is 11.1 Å². The van der Waals surface area contributed by atoms with E-state index < -0.39 is 0 Å². The molecule has 0 saturated carbocycles. The van der Waals surface area contributed by atoms with Crippen molar-refractivity contribution >= 4 is 23.6 Å². The summed E-state index contributed by atoms with van der Waals surface area (Å²) in [5.74, 6) is 0.356. The quantitative estimate of drug-likeness (QED) is 0.539. The molecule has 1 rings (SSSR count). The molecule has 52 valence electrons. The van der Waals surface area contributed by atoms with Crippen LogP contribution in [-0.4, -0.2) is 11.2 Å². The van der Waals surface area contributed by atoms with E-state index in [-0.39, 0.29) is 0 Å². The lowest BCUT2D eigenvalue weighted by molar-refractivity contribution is -0.104. The van der Waals surface area contributed by atoms with Crippen LogP contribution in [0.25, 0.3) is 0 Å². The van der Waals surface area contributed by atoms with Gasteiger partial charge in [-0.05, 0) is 6.07 Å². The molecule has 0 atom stereocenters. The number of rotatable bonds is 1. The number of nitrogens with two attached hydrogens (primary N) is 2. The normalized spacial score (nSPS) is 9.30. The Morgan fingerprint density at radius 1 is 1.70 bits per heavy atom. The average Bonchev–Trinajstić information content (AvgIpc) is 1.88. The molecule has 0 radical (unpaired) electrons. The molecule has 0 spiro atoms. The number of anilines is 1. The molecule has 0 aliphatic rings. The lowest BCUT2D eigenvalue weighted by Crippen LogP contribution is -2.30. The third kappa shape index (κ3) is 1.09. The summed E-state index contributed by atoms with van der Waals surface area (Å²) in [5.41, 5.74) is 6.01. The summed E-state index contributed by atoms with van der Waals surface area (Å²) in [6.07, 6.45) is 2.87. The molecule has 0 unspecified atom stereocenters. The highest BCUT2D eigenvalue weighted by atomic mass is 35.5. The highest BCUT2D eigenvalue weighted by molar-refractivity contribution is 6.33. The summed E-state index contributed by atoms with van der Waals surface area (Å²) < 4.78 is 0. The fourth-order valence-corrected chi connectivity index (χ4v) is 0.846. The third-order valence-electron chi connectivity index (χ3n) is 1.13. The van der Waals surface area contributed by atoms with E-state index in [2.05, 4.69) is 4.98 Å². The number of nitrogen functional groups attached to an aromatic ring is 1. The maximum absolute atomic E-state index is 5.70. The Labute approximate surface area is 63.3 Å². The molecular weight excluding hydrogens is 150 g/mol. The predicted molar refractivity (Wildman–Crippen MR) is 40.8 cm³/mol. The van der Waals surface area contributed by atoms with Crippen LogP contribution in [0.15, 0.2) is 12.3 Å². The minimum Gasteiger partial charge on any atom is -0.383 e. The summed E-state index contributed by atoms with van der Waals surface area (Å²) in [4.78, 5) is 3.79. The lowest BCUT2D eigenvalue weighted by Gasteiger charge is -1.95. The second-order valence-electron chi connectivity index (χ2n) is 1.76. The molecule has 0 aromatic carbocycles. The van der Waals surface area contributed by atoms with Crippen molar-refractivity contribution in [3.63, 3.8) is 0 Å². The van der Waals surface area contributed by atoms with Crippen molar-refractivity contribution in [3.05, 3.63) is 22.8 Å². The van der Waals surface area contributed by atoms with E-state index in [4.69, 9.17) is 22.7 Å². The maximum Gasteiger partial charge on any atom is 0.172 e. The standard InChI is InChI=1S/C6H6ClN3/c7-5-1-2-10-6(9)4(5)3-8/h1-3,8H,(H2,9,10)/p+1. The van der Waals surface area contributed by atoms with Crippen LogP contribution in [-0.2, 0) is 0 Å². The molecule has 0 fully saturated rings. The molecule has 0 aliphatic heterocycles. The zero-order valence-electron chi connectivity index (χ0n) is 5.21. The van der Waals surface area contributed by atoms with Gasteiger partial charge in [0, 0.05) is 6.20 Å². The molecule has 0 saturated heterocycles. The van der Waals surface area contributed by atoms with E-state index in [1.807, 2.05) is 0 Å². The van der Waals surface area contributed by atoms with E-state index in [1.165, 1.54) is 12.4 Å². The molecule has 0 aliphatic carbocycles. The van der Waals surface area contributed by atoms with Crippen molar-refractivity contribution in [1.29, 1.82) is 0 Å². The van der Waals surface area contributed by atoms with E-state index in [1.54, 1.807) is 6.07 Å². The zero-order valence-corrected chi connectivity index (χ0v) is 5.97. The average molecular weight is 157 g/mol. The minimum absolute atomic E-state index is 0.356. The first-order chi connectivity index (χ1) is 4.75. The van der Waals surface area contributed by atoms with E-state index in [0.29, 0.717) is 16.4 Å². The van der Waals surface area contributed by atoms with Crippen molar-refractivity contribution in [3.8, 4) is 0 Å². The molecule has 0 bridgehead atoms. The largest absolute Gasteiger partial charge is 0.383 e. The van der Waals surface area contributed by atoms with Gasteiger partial charge in [0.05, 0.1) is 10.6 Å². The Kier molecular flexibility index (Phi) is 1.87. The Hall–Kier alpha value is -1.09. The molecule has 1 aromatic heterocycles. The Morgan fingerprint density at radius 3 is 2.80 bits per heavy atom. The van der Waals surface area contributed by atoms with Crippen LogP contribution >= 0.6 is 11.6 Å². The number of nitrogens with zero attached hydrogens (tertiary/aromatic N) is 1. The SMILES string of the molecule is Nc1nccc(Cl)c1C=[NH2+]. The number of hydrogen-bond donors (Lipinski definition) is 2. The van der Waals surface area contributed by atoms with Gasteiger partial charge < -0.3 is 5.73 Å². The van der Waals surface area contributed by atoms with Crippen LogP contribution in [0.5, 0.6) is 0 Å². The molecule has 4 N–H and O–H groups in total. The first kappa shape index (κ1) is 7.02. The molecule has 1 heterocycles. The number of halogens is 1.